The fourth-order valence-electron chi connectivity index (χ4n) is 2.55. The van der Waals surface area contributed by atoms with Crippen LogP contribution in [0, 0.1) is 17.8 Å². The minimum absolute atomic E-state index is 0.837. The van der Waals surface area contributed by atoms with Crippen LogP contribution in [0.25, 0.3) is 0 Å². The predicted octanol–water partition coefficient (Wildman–Crippen LogP) is 2.57. The van der Waals surface area contributed by atoms with Crippen LogP contribution in [0.1, 0.15) is 33.1 Å². The summed E-state index contributed by atoms with van der Waals surface area (Å²) in [4.78, 5) is 0. The van der Waals surface area contributed by atoms with Crippen molar-refractivity contribution < 1.29 is 0 Å². The lowest BCUT2D eigenvalue weighted by molar-refractivity contribution is 0.111. The maximum absolute atomic E-state index is 5.61. The van der Waals surface area contributed by atoms with E-state index in [9.17, 15) is 0 Å². The van der Waals surface area contributed by atoms with Crippen LogP contribution in [-0.4, -0.2) is 6.54 Å². The van der Waals surface area contributed by atoms with E-state index in [-0.39, 0.29) is 0 Å². The Morgan fingerprint density at radius 2 is 2.08 bits per heavy atom. The highest BCUT2D eigenvalue weighted by Crippen LogP contribution is 2.52. The SMILES string of the molecule is C=C1CC2CC(CN)C2C1.CC. The molecular formula is C11H21N. The third-order valence-electron chi connectivity index (χ3n) is 3.19. The summed E-state index contributed by atoms with van der Waals surface area (Å²) in [5, 5.41) is 0. The second-order valence-corrected chi connectivity index (χ2v) is 3.81. The molecule has 2 rings (SSSR count). The van der Waals surface area contributed by atoms with Crippen LogP contribution < -0.4 is 5.73 Å². The van der Waals surface area contributed by atoms with Crippen molar-refractivity contribution in [3.05, 3.63) is 12.2 Å². The quantitative estimate of drug-likeness (QED) is 0.597. The highest BCUT2D eigenvalue weighted by atomic mass is 14.6. The first kappa shape index (κ1) is 9.79. The van der Waals surface area contributed by atoms with Crippen molar-refractivity contribution in [3.63, 3.8) is 0 Å². The van der Waals surface area contributed by atoms with Crippen LogP contribution in [-0.2, 0) is 0 Å². The van der Waals surface area contributed by atoms with E-state index in [1.807, 2.05) is 13.8 Å². The van der Waals surface area contributed by atoms with Crippen molar-refractivity contribution in [2.75, 3.05) is 6.54 Å². The molecule has 3 unspecified atom stereocenters. The molecule has 3 atom stereocenters. The third-order valence-corrected chi connectivity index (χ3v) is 3.19. The van der Waals surface area contributed by atoms with Gasteiger partial charge in [0.2, 0.25) is 0 Å². The zero-order chi connectivity index (χ0) is 9.14. The Labute approximate surface area is 76.0 Å². The van der Waals surface area contributed by atoms with Crippen molar-refractivity contribution >= 4 is 0 Å². The fourth-order valence-corrected chi connectivity index (χ4v) is 2.55. The van der Waals surface area contributed by atoms with Crippen molar-refractivity contribution in [3.8, 4) is 0 Å². The molecule has 0 bridgehead atoms. The lowest BCUT2D eigenvalue weighted by Crippen LogP contribution is -2.37. The van der Waals surface area contributed by atoms with E-state index < -0.39 is 0 Å². The molecule has 0 aliphatic heterocycles. The van der Waals surface area contributed by atoms with Crippen molar-refractivity contribution in [2.24, 2.45) is 23.5 Å². The van der Waals surface area contributed by atoms with Crippen LogP contribution >= 0.6 is 0 Å². The second kappa shape index (κ2) is 4.08. The smallest absolute Gasteiger partial charge is 0.00459 e. The number of hydrogen-bond acceptors (Lipinski definition) is 1. The lowest BCUT2D eigenvalue weighted by atomic mass is 9.67. The van der Waals surface area contributed by atoms with Gasteiger partial charge in [-0.3, -0.25) is 0 Å². The predicted molar refractivity (Wildman–Crippen MR) is 53.9 cm³/mol. The maximum atomic E-state index is 5.61. The van der Waals surface area contributed by atoms with E-state index in [0.29, 0.717) is 0 Å². The molecule has 0 aromatic heterocycles. The number of fused-ring (bicyclic) bond motifs is 1. The lowest BCUT2D eigenvalue weighted by Gasteiger charge is -2.39. The monoisotopic (exact) mass is 167 g/mol. The average molecular weight is 167 g/mol. The van der Waals surface area contributed by atoms with Crippen LogP contribution in [0.2, 0.25) is 0 Å². The molecule has 0 saturated heterocycles. The summed E-state index contributed by atoms with van der Waals surface area (Å²) in [7, 11) is 0. The van der Waals surface area contributed by atoms with Gasteiger partial charge >= 0.3 is 0 Å². The molecule has 70 valence electrons. The van der Waals surface area contributed by atoms with Gasteiger partial charge < -0.3 is 5.73 Å². The molecule has 0 aromatic carbocycles. The molecule has 1 heteroatoms. The van der Waals surface area contributed by atoms with Gasteiger partial charge in [0.05, 0.1) is 0 Å². The van der Waals surface area contributed by atoms with E-state index in [0.717, 1.165) is 24.3 Å². The van der Waals surface area contributed by atoms with Crippen LogP contribution in [0.3, 0.4) is 0 Å². The summed E-state index contributed by atoms with van der Waals surface area (Å²) in [6.07, 6.45) is 3.94. The van der Waals surface area contributed by atoms with Crippen LogP contribution in [0.15, 0.2) is 12.2 Å². The summed E-state index contributed by atoms with van der Waals surface area (Å²) in [5.41, 5.74) is 7.07. The van der Waals surface area contributed by atoms with Gasteiger partial charge in [-0.1, -0.05) is 26.0 Å². The third kappa shape index (κ3) is 1.56. The van der Waals surface area contributed by atoms with E-state index >= 15 is 0 Å². The molecule has 0 amide bonds. The molecule has 2 N–H and O–H groups in total. The van der Waals surface area contributed by atoms with Gasteiger partial charge in [0.25, 0.3) is 0 Å². The first-order chi connectivity index (χ1) is 5.81. The van der Waals surface area contributed by atoms with Gasteiger partial charge in [-0.25, -0.2) is 0 Å². The van der Waals surface area contributed by atoms with Gasteiger partial charge in [0.15, 0.2) is 0 Å². The van der Waals surface area contributed by atoms with Crippen molar-refractivity contribution in [1.29, 1.82) is 0 Å². The Bertz CT molecular complexity index is 162. The molecule has 2 fully saturated rings. The van der Waals surface area contributed by atoms with Gasteiger partial charge in [-0.15, -0.1) is 0 Å². The van der Waals surface area contributed by atoms with Crippen LogP contribution in [0.4, 0.5) is 0 Å². The molecule has 2 aliphatic rings. The molecule has 2 saturated carbocycles. The summed E-state index contributed by atoms with van der Waals surface area (Å²) < 4.78 is 0. The highest BCUT2D eigenvalue weighted by molar-refractivity contribution is 5.12. The van der Waals surface area contributed by atoms with Crippen molar-refractivity contribution in [2.45, 2.75) is 33.1 Å². The standard InChI is InChI=1S/C9H15N.C2H6/c1-6-2-7-4-8(5-10)9(7)3-6;1-2/h7-9H,1-5,10H2;1-2H3. The number of rotatable bonds is 1. The van der Waals surface area contributed by atoms with Gasteiger partial charge in [0.1, 0.15) is 0 Å². The largest absolute Gasteiger partial charge is 0.330 e. The van der Waals surface area contributed by atoms with E-state index in [4.69, 9.17) is 5.73 Å². The second-order valence-electron chi connectivity index (χ2n) is 3.81. The number of allylic oxidation sites excluding steroid dienone is 1. The van der Waals surface area contributed by atoms with E-state index in [2.05, 4.69) is 6.58 Å². The van der Waals surface area contributed by atoms with Crippen molar-refractivity contribution in [1.82, 2.24) is 0 Å². The molecule has 12 heavy (non-hydrogen) atoms. The molecule has 0 spiro atoms. The van der Waals surface area contributed by atoms with Crippen LogP contribution in [0.5, 0.6) is 0 Å². The van der Waals surface area contributed by atoms with Gasteiger partial charge in [-0.05, 0) is 43.6 Å². The summed E-state index contributed by atoms with van der Waals surface area (Å²) in [6, 6.07) is 0. The molecule has 0 heterocycles. The van der Waals surface area contributed by atoms with E-state index in [1.54, 1.807) is 0 Å². The number of nitrogens with two attached hydrogens (primary N) is 1. The number of hydrogen-bond donors (Lipinski definition) is 1. The minimum Gasteiger partial charge on any atom is -0.330 e. The minimum atomic E-state index is 0.837. The molecule has 0 radical (unpaired) electrons. The summed E-state index contributed by atoms with van der Waals surface area (Å²) in [6.45, 7) is 8.92. The summed E-state index contributed by atoms with van der Waals surface area (Å²) >= 11 is 0. The Morgan fingerprint density at radius 3 is 2.58 bits per heavy atom. The zero-order valence-corrected chi connectivity index (χ0v) is 8.34. The molecular weight excluding hydrogens is 146 g/mol. The fraction of sp³-hybridized carbons (Fsp3) is 0.818. The first-order valence-electron chi connectivity index (χ1n) is 5.18. The Hall–Kier alpha value is -0.300. The molecule has 0 aromatic rings. The normalized spacial score (nSPS) is 37.9. The van der Waals surface area contributed by atoms with Gasteiger partial charge in [0, 0.05) is 0 Å². The Kier molecular flexibility index (Phi) is 3.33. The van der Waals surface area contributed by atoms with E-state index in [1.165, 1.54) is 24.8 Å². The zero-order valence-electron chi connectivity index (χ0n) is 8.34. The molecule has 1 nitrogen and oxygen atoms in total. The topological polar surface area (TPSA) is 26.0 Å². The Morgan fingerprint density at radius 1 is 1.42 bits per heavy atom. The summed E-state index contributed by atoms with van der Waals surface area (Å²) in [5.74, 6) is 2.74. The highest BCUT2D eigenvalue weighted by Gasteiger charge is 2.43. The maximum Gasteiger partial charge on any atom is -0.00459 e. The first-order valence-corrected chi connectivity index (χ1v) is 5.18. The Balaban J connectivity index is 0.000000336. The van der Waals surface area contributed by atoms with Gasteiger partial charge in [-0.2, -0.15) is 0 Å². The molecule has 2 aliphatic carbocycles. The average Bonchev–Trinajstić information content (AvgIpc) is 2.36.